The predicted octanol–water partition coefficient (Wildman–Crippen LogP) is 3.63. The summed E-state index contributed by atoms with van der Waals surface area (Å²) >= 11 is 0. The molecule has 0 unspecified atom stereocenters. The van der Waals surface area contributed by atoms with Crippen molar-refractivity contribution in [2.45, 2.75) is 20.4 Å². The lowest BCUT2D eigenvalue weighted by Gasteiger charge is -2.14. The molecule has 1 amide bonds. The van der Waals surface area contributed by atoms with E-state index >= 15 is 0 Å². The van der Waals surface area contributed by atoms with Crippen molar-refractivity contribution in [1.82, 2.24) is 15.0 Å². The smallest absolute Gasteiger partial charge is 0.254 e. The lowest BCUT2D eigenvalue weighted by Crippen LogP contribution is -2.26. The van der Waals surface area contributed by atoms with Gasteiger partial charge in [-0.25, -0.2) is 0 Å². The van der Waals surface area contributed by atoms with Gasteiger partial charge in [-0.15, -0.1) is 0 Å². The summed E-state index contributed by atoms with van der Waals surface area (Å²) in [6, 6.07) is 15.4. The van der Waals surface area contributed by atoms with Gasteiger partial charge < -0.3 is 9.42 Å². The molecule has 1 heterocycles. The number of nitrogens with zero attached hydrogens (tertiary/aromatic N) is 3. The van der Waals surface area contributed by atoms with Gasteiger partial charge in [-0.05, 0) is 26.0 Å². The van der Waals surface area contributed by atoms with Crippen LogP contribution in [0.1, 0.15) is 27.4 Å². The van der Waals surface area contributed by atoms with E-state index in [0.29, 0.717) is 17.3 Å². The molecule has 0 saturated heterocycles. The topological polar surface area (TPSA) is 59.2 Å². The minimum absolute atomic E-state index is 0.0752. The maximum atomic E-state index is 12.5. The van der Waals surface area contributed by atoms with Crippen LogP contribution in [-0.2, 0) is 6.54 Å². The molecule has 0 saturated carbocycles. The maximum absolute atomic E-state index is 12.5. The van der Waals surface area contributed by atoms with Crippen molar-refractivity contribution in [3.63, 3.8) is 0 Å². The van der Waals surface area contributed by atoms with E-state index in [9.17, 15) is 4.79 Å². The number of aromatic nitrogens is 2. The van der Waals surface area contributed by atoms with Crippen LogP contribution in [0.25, 0.3) is 11.4 Å². The number of aryl methyl sites for hydroxylation is 2. The lowest BCUT2D eigenvalue weighted by molar-refractivity contribution is 0.0769. The quantitative estimate of drug-likeness (QED) is 0.736. The molecule has 5 heteroatoms. The SMILES string of the molecule is Cc1ccc(-c2noc(CN(C)C(=O)c3cccc(C)c3)n2)cc1. The van der Waals surface area contributed by atoms with Crippen molar-refractivity contribution in [2.24, 2.45) is 0 Å². The van der Waals surface area contributed by atoms with E-state index in [2.05, 4.69) is 10.1 Å². The minimum Gasteiger partial charge on any atom is -0.337 e. The molecule has 122 valence electrons. The first-order valence-corrected chi connectivity index (χ1v) is 7.74. The highest BCUT2D eigenvalue weighted by molar-refractivity contribution is 5.94. The molecule has 0 fully saturated rings. The van der Waals surface area contributed by atoms with Crippen LogP contribution in [0.5, 0.6) is 0 Å². The van der Waals surface area contributed by atoms with Gasteiger partial charge in [0.15, 0.2) is 0 Å². The van der Waals surface area contributed by atoms with Crippen LogP contribution in [-0.4, -0.2) is 28.0 Å². The van der Waals surface area contributed by atoms with Gasteiger partial charge in [0.05, 0.1) is 6.54 Å². The van der Waals surface area contributed by atoms with Gasteiger partial charge in [0.1, 0.15) is 0 Å². The first-order chi connectivity index (χ1) is 11.5. The molecule has 3 rings (SSSR count). The summed E-state index contributed by atoms with van der Waals surface area (Å²) in [6.45, 7) is 4.26. The van der Waals surface area contributed by atoms with Crippen molar-refractivity contribution in [1.29, 1.82) is 0 Å². The minimum atomic E-state index is -0.0752. The fourth-order valence-corrected chi connectivity index (χ4v) is 2.41. The number of rotatable bonds is 4. The Morgan fingerprint density at radius 1 is 1.08 bits per heavy atom. The van der Waals surface area contributed by atoms with Gasteiger partial charge in [0, 0.05) is 18.2 Å². The summed E-state index contributed by atoms with van der Waals surface area (Å²) in [4.78, 5) is 18.4. The Bertz CT molecular complexity index is 853. The summed E-state index contributed by atoms with van der Waals surface area (Å²) in [7, 11) is 1.72. The summed E-state index contributed by atoms with van der Waals surface area (Å²) in [6.07, 6.45) is 0. The van der Waals surface area contributed by atoms with Crippen molar-refractivity contribution in [3.8, 4) is 11.4 Å². The highest BCUT2D eigenvalue weighted by Crippen LogP contribution is 2.17. The summed E-state index contributed by atoms with van der Waals surface area (Å²) in [5.41, 5.74) is 3.76. The van der Waals surface area contributed by atoms with E-state index in [4.69, 9.17) is 4.52 Å². The monoisotopic (exact) mass is 321 g/mol. The Hall–Kier alpha value is -2.95. The lowest BCUT2D eigenvalue weighted by atomic mass is 10.1. The molecule has 5 nitrogen and oxygen atoms in total. The van der Waals surface area contributed by atoms with E-state index in [0.717, 1.165) is 11.1 Å². The van der Waals surface area contributed by atoms with Crippen molar-refractivity contribution in [3.05, 3.63) is 71.1 Å². The number of hydrogen-bond donors (Lipinski definition) is 0. The zero-order valence-corrected chi connectivity index (χ0v) is 14.0. The molecule has 0 bridgehead atoms. The van der Waals surface area contributed by atoms with Crippen molar-refractivity contribution >= 4 is 5.91 Å². The second kappa shape index (κ2) is 6.66. The zero-order chi connectivity index (χ0) is 17.1. The van der Waals surface area contributed by atoms with E-state index in [-0.39, 0.29) is 12.5 Å². The van der Waals surface area contributed by atoms with Crippen LogP contribution in [0.15, 0.2) is 53.1 Å². The molecule has 2 aromatic carbocycles. The molecule has 1 aromatic heterocycles. The van der Waals surface area contributed by atoms with E-state index in [1.165, 1.54) is 5.56 Å². The van der Waals surface area contributed by atoms with Crippen LogP contribution >= 0.6 is 0 Å². The Morgan fingerprint density at radius 3 is 2.54 bits per heavy atom. The Balaban J connectivity index is 1.72. The number of benzene rings is 2. The van der Waals surface area contributed by atoms with Crippen LogP contribution in [0.2, 0.25) is 0 Å². The molecule has 3 aromatic rings. The summed E-state index contributed by atoms with van der Waals surface area (Å²) in [5.74, 6) is 0.865. The second-order valence-electron chi connectivity index (χ2n) is 5.91. The fourth-order valence-electron chi connectivity index (χ4n) is 2.41. The number of carbonyl (C=O) groups excluding carboxylic acids is 1. The average Bonchev–Trinajstić information content (AvgIpc) is 3.03. The van der Waals surface area contributed by atoms with E-state index in [1.807, 2.05) is 56.3 Å². The number of carbonyl (C=O) groups is 1. The second-order valence-corrected chi connectivity index (χ2v) is 5.91. The Morgan fingerprint density at radius 2 is 1.83 bits per heavy atom. The third-order valence-electron chi connectivity index (χ3n) is 3.76. The van der Waals surface area contributed by atoms with Crippen LogP contribution in [0, 0.1) is 13.8 Å². The molecule has 0 aliphatic rings. The normalized spacial score (nSPS) is 10.6. The molecular weight excluding hydrogens is 302 g/mol. The standard InChI is InChI=1S/C19H19N3O2/c1-13-7-9-15(10-8-13)18-20-17(24-21-18)12-22(3)19(23)16-6-4-5-14(2)11-16/h4-11H,12H2,1-3H3. The Kier molecular flexibility index (Phi) is 4.42. The van der Waals surface area contributed by atoms with Crippen molar-refractivity contribution < 1.29 is 9.32 Å². The number of amides is 1. The number of hydrogen-bond acceptors (Lipinski definition) is 4. The third-order valence-corrected chi connectivity index (χ3v) is 3.76. The summed E-state index contributed by atoms with van der Waals surface area (Å²) < 4.78 is 5.27. The molecular formula is C19H19N3O2. The van der Waals surface area contributed by atoms with Gasteiger partial charge >= 0.3 is 0 Å². The molecule has 0 atom stereocenters. The highest BCUT2D eigenvalue weighted by Gasteiger charge is 2.16. The van der Waals surface area contributed by atoms with Crippen LogP contribution < -0.4 is 0 Å². The fraction of sp³-hybridized carbons (Fsp3) is 0.211. The largest absolute Gasteiger partial charge is 0.337 e. The third kappa shape index (κ3) is 3.51. The Labute approximate surface area is 140 Å². The van der Waals surface area contributed by atoms with Crippen LogP contribution in [0.4, 0.5) is 0 Å². The summed E-state index contributed by atoms with van der Waals surface area (Å²) in [5, 5.41) is 3.99. The van der Waals surface area contributed by atoms with Gasteiger partial charge in [-0.3, -0.25) is 4.79 Å². The van der Waals surface area contributed by atoms with E-state index in [1.54, 1.807) is 18.0 Å². The molecule has 0 aliphatic heterocycles. The maximum Gasteiger partial charge on any atom is 0.254 e. The molecule has 24 heavy (non-hydrogen) atoms. The molecule has 0 aliphatic carbocycles. The van der Waals surface area contributed by atoms with Gasteiger partial charge in [0.25, 0.3) is 5.91 Å². The van der Waals surface area contributed by atoms with Crippen LogP contribution in [0.3, 0.4) is 0 Å². The average molecular weight is 321 g/mol. The zero-order valence-electron chi connectivity index (χ0n) is 14.0. The first kappa shape index (κ1) is 15.9. The molecule has 0 radical (unpaired) electrons. The predicted molar refractivity (Wildman–Crippen MR) is 91.4 cm³/mol. The van der Waals surface area contributed by atoms with Gasteiger partial charge in [-0.2, -0.15) is 4.98 Å². The molecule has 0 N–H and O–H groups in total. The van der Waals surface area contributed by atoms with Gasteiger partial charge in [-0.1, -0.05) is 52.7 Å². The first-order valence-electron chi connectivity index (χ1n) is 7.74. The highest BCUT2D eigenvalue weighted by atomic mass is 16.5. The molecule has 0 spiro atoms. The van der Waals surface area contributed by atoms with Crippen molar-refractivity contribution in [2.75, 3.05) is 7.05 Å². The van der Waals surface area contributed by atoms with Gasteiger partial charge in [0.2, 0.25) is 11.7 Å². The van der Waals surface area contributed by atoms with E-state index < -0.39 is 0 Å².